The molecule has 3 aromatic carbocycles. The quantitative estimate of drug-likeness (QED) is 0.169. The van der Waals surface area contributed by atoms with Gasteiger partial charge in [0.2, 0.25) is 0 Å². The second kappa shape index (κ2) is 15.0. The number of aliphatic hydroxyl groups is 2. The topological polar surface area (TPSA) is 171 Å². The molecule has 1 unspecified atom stereocenters. The first kappa shape index (κ1) is 31.9. The summed E-state index contributed by atoms with van der Waals surface area (Å²) in [6.45, 7) is 0.252. The highest BCUT2D eigenvalue weighted by Crippen LogP contribution is 2.38. The highest BCUT2D eigenvalue weighted by atomic mass is 32.2. The van der Waals surface area contributed by atoms with Crippen molar-refractivity contribution in [1.82, 2.24) is 0 Å². The van der Waals surface area contributed by atoms with Crippen molar-refractivity contribution in [1.29, 1.82) is 0 Å². The molecule has 0 aliphatic carbocycles. The Hall–Kier alpha value is -3.04. The first-order valence-corrected chi connectivity index (χ1v) is 15.7. The van der Waals surface area contributed by atoms with Crippen molar-refractivity contribution in [2.24, 2.45) is 10.8 Å². The number of hydrogen-bond acceptors (Lipinski definition) is 11. The lowest BCUT2D eigenvalue weighted by molar-refractivity contribution is -0.345. The predicted molar refractivity (Wildman–Crippen MR) is 164 cm³/mol. The number of azide groups is 1. The third kappa shape index (κ3) is 7.51. The summed E-state index contributed by atoms with van der Waals surface area (Å²) in [5.74, 6) is 0. The summed E-state index contributed by atoms with van der Waals surface area (Å²) in [4.78, 5) is 3.85. The molecular formula is C32H36N4O8S. The predicted octanol–water partition coefficient (Wildman–Crippen LogP) is 3.67. The summed E-state index contributed by atoms with van der Waals surface area (Å²) in [7, 11) is 0. The number of ether oxygens (including phenoxy) is 6. The van der Waals surface area contributed by atoms with E-state index in [1.165, 1.54) is 11.8 Å². The van der Waals surface area contributed by atoms with Gasteiger partial charge in [0.05, 0.1) is 32.0 Å². The van der Waals surface area contributed by atoms with Crippen LogP contribution in [-0.4, -0.2) is 83.9 Å². The molecule has 3 aliphatic heterocycles. The molecule has 0 spiro atoms. The van der Waals surface area contributed by atoms with Gasteiger partial charge in [0.1, 0.15) is 42.0 Å². The molecule has 12 nitrogen and oxygen atoms in total. The number of nitrogens with two attached hydrogens (primary N) is 1. The second-order valence-electron chi connectivity index (χ2n) is 11.0. The van der Waals surface area contributed by atoms with Gasteiger partial charge in [0.25, 0.3) is 0 Å². The molecule has 3 aliphatic rings. The average molecular weight is 637 g/mol. The van der Waals surface area contributed by atoms with E-state index in [-0.39, 0.29) is 19.8 Å². The van der Waals surface area contributed by atoms with Crippen molar-refractivity contribution >= 4 is 11.8 Å². The highest BCUT2D eigenvalue weighted by molar-refractivity contribution is 7.99. The molecular weight excluding hydrogens is 600 g/mol. The molecule has 3 heterocycles. The molecule has 13 heteroatoms. The third-order valence-electron chi connectivity index (χ3n) is 8.02. The average Bonchev–Trinajstić information content (AvgIpc) is 3.08. The van der Waals surface area contributed by atoms with Gasteiger partial charge in [-0.1, -0.05) is 95.7 Å². The van der Waals surface area contributed by atoms with E-state index in [0.29, 0.717) is 0 Å². The number of nitrogens with zero attached hydrogens (tertiary/aromatic N) is 3. The van der Waals surface area contributed by atoms with Gasteiger partial charge in [0.15, 0.2) is 12.6 Å². The molecule has 0 amide bonds. The maximum absolute atomic E-state index is 11.5. The van der Waals surface area contributed by atoms with Gasteiger partial charge < -0.3 is 44.4 Å². The summed E-state index contributed by atoms with van der Waals surface area (Å²) in [5.41, 5.74) is 16.7. The van der Waals surface area contributed by atoms with Gasteiger partial charge in [-0.25, -0.2) is 0 Å². The van der Waals surface area contributed by atoms with Crippen molar-refractivity contribution in [3.05, 3.63) is 113 Å². The zero-order valence-corrected chi connectivity index (χ0v) is 25.1. The smallest absolute Gasteiger partial charge is 0.184 e. The molecule has 3 aromatic rings. The lowest BCUT2D eigenvalue weighted by Gasteiger charge is -2.47. The van der Waals surface area contributed by atoms with E-state index in [1.807, 2.05) is 91.0 Å². The summed E-state index contributed by atoms with van der Waals surface area (Å²) in [5, 5.41) is 26.5. The Kier molecular flexibility index (Phi) is 10.7. The van der Waals surface area contributed by atoms with Crippen LogP contribution < -0.4 is 5.73 Å². The molecule has 238 valence electrons. The van der Waals surface area contributed by atoms with Crippen molar-refractivity contribution in [3.63, 3.8) is 0 Å². The van der Waals surface area contributed by atoms with E-state index in [2.05, 4.69) is 10.0 Å². The van der Waals surface area contributed by atoms with E-state index in [4.69, 9.17) is 34.2 Å². The zero-order valence-electron chi connectivity index (χ0n) is 24.3. The van der Waals surface area contributed by atoms with Crippen molar-refractivity contribution in [2.75, 3.05) is 13.2 Å². The zero-order chi connectivity index (χ0) is 31.2. The number of hydrogen-bond donors (Lipinski definition) is 3. The fraction of sp³-hybridized carbons (Fsp3) is 0.438. The largest absolute Gasteiger partial charge is 0.390 e. The van der Waals surface area contributed by atoms with E-state index >= 15 is 0 Å². The van der Waals surface area contributed by atoms with Gasteiger partial charge in [-0.05, 0) is 23.2 Å². The Balaban J connectivity index is 1.16. The standard InChI is InChI=1S/C32H36N4O8S/c33-24-26(37)29-23(18-40-30(44-29)20-12-6-2-7-13-20)42-31(24)41-17-22-28(39-16-19-10-4-1-5-11-19)27(38)25(35-36-34)32(43-22)45-21-14-8-3-9-15-21/h1-15,22-32,37-38H,16-18,33H2/t22-,23-,24-,25-,26-,27-,28-,29-,30?,31-,32-/m1/s1. The monoisotopic (exact) mass is 636 g/mol. The number of thioether (sulfide) groups is 1. The maximum atomic E-state index is 11.5. The van der Waals surface area contributed by atoms with Crippen LogP contribution in [0.5, 0.6) is 0 Å². The maximum Gasteiger partial charge on any atom is 0.184 e. The Morgan fingerprint density at radius 3 is 2.29 bits per heavy atom. The Morgan fingerprint density at radius 1 is 0.889 bits per heavy atom. The minimum absolute atomic E-state index is 0.0951. The van der Waals surface area contributed by atoms with Crippen LogP contribution in [0.25, 0.3) is 10.4 Å². The number of aliphatic hydroxyl groups excluding tert-OH is 2. The van der Waals surface area contributed by atoms with Crippen LogP contribution in [0, 0.1) is 0 Å². The fourth-order valence-corrected chi connectivity index (χ4v) is 6.79. The molecule has 3 fully saturated rings. The SMILES string of the molecule is [N-]=[N+]=N[C@@H]1[C@@H](O)[C@H](OCc2ccccc2)[C@@H](CO[C@@H]2O[C@@H]3COC(c4ccccc4)O[C@H]3[C@H](O)[C@H]2N)O[C@@H]1Sc1ccccc1. The van der Waals surface area contributed by atoms with Crippen LogP contribution in [0.3, 0.4) is 0 Å². The lowest BCUT2D eigenvalue weighted by atomic mass is 9.96. The normalized spacial score (nSPS) is 34.8. The molecule has 0 bridgehead atoms. The number of fused-ring (bicyclic) bond motifs is 1. The summed E-state index contributed by atoms with van der Waals surface area (Å²) in [6.07, 6.45) is -7.04. The van der Waals surface area contributed by atoms with E-state index in [9.17, 15) is 15.7 Å². The van der Waals surface area contributed by atoms with Gasteiger partial charge in [-0.3, -0.25) is 0 Å². The van der Waals surface area contributed by atoms with Gasteiger partial charge in [-0.2, -0.15) is 0 Å². The molecule has 4 N–H and O–H groups in total. The van der Waals surface area contributed by atoms with Crippen molar-refractivity contribution < 1.29 is 38.6 Å². The van der Waals surface area contributed by atoms with E-state index in [1.54, 1.807) is 0 Å². The minimum atomic E-state index is -1.21. The molecule has 45 heavy (non-hydrogen) atoms. The number of rotatable bonds is 10. The molecule has 3 saturated heterocycles. The van der Waals surface area contributed by atoms with Crippen LogP contribution in [0.2, 0.25) is 0 Å². The molecule has 0 aromatic heterocycles. The van der Waals surface area contributed by atoms with E-state index < -0.39 is 66.7 Å². The Morgan fingerprint density at radius 2 is 1.58 bits per heavy atom. The van der Waals surface area contributed by atoms with Crippen LogP contribution in [0.4, 0.5) is 0 Å². The van der Waals surface area contributed by atoms with Gasteiger partial charge >= 0.3 is 0 Å². The van der Waals surface area contributed by atoms with Crippen LogP contribution in [0.15, 0.2) is 101 Å². The van der Waals surface area contributed by atoms with Gasteiger partial charge in [-0.15, -0.1) is 0 Å². The summed E-state index contributed by atoms with van der Waals surface area (Å²) >= 11 is 1.32. The summed E-state index contributed by atoms with van der Waals surface area (Å²) < 4.78 is 36.8. The van der Waals surface area contributed by atoms with Crippen molar-refractivity contribution in [3.8, 4) is 0 Å². The molecule has 6 rings (SSSR count). The first-order chi connectivity index (χ1) is 22.0. The molecule has 0 radical (unpaired) electrons. The van der Waals surface area contributed by atoms with Crippen LogP contribution >= 0.6 is 11.8 Å². The van der Waals surface area contributed by atoms with Crippen molar-refractivity contribution in [2.45, 2.75) is 78.2 Å². The lowest BCUT2D eigenvalue weighted by Crippen LogP contribution is -2.65. The highest BCUT2D eigenvalue weighted by Gasteiger charge is 2.50. The second-order valence-corrected chi connectivity index (χ2v) is 12.2. The van der Waals surface area contributed by atoms with E-state index in [0.717, 1.165) is 16.0 Å². The minimum Gasteiger partial charge on any atom is -0.390 e. The first-order valence-electron chi connectivity index (χ1n) is 14.8. The summed E-state index contributed by atoms with van der Waals surface area (Å²) in [6, 6.07) is 26.5. The van der Waals surface area contributed by atoms with Gasteiger partial charge in [0, 0.05) is 15.4 Å². The van der Waals surface area contributed by atoms with Crippen LogP contribution in [0.1, 0.15) is 17.4 Å². The number of benzene rings is 3. The Bertz CT molecular complexity index is 1400. The Labute approximate surface area is 265 Å². The molecule has 11 atom stereocenters. The fourth-order valence-electron chi connectivity index (χ4n) is 5.66. The molecule has 0 saturated carbocycles. The third-order valence-corrected chi connectivity index (χ3v) is 9.18. The van der Waals surface area contributed by atoms with Crippen LogP contribution in [-0.2, 0) is 35.0 Å².